The lowest BCUT2D eigenvalue weighted by Gasteiger charge is -2.34. The van der Waals surface area contributed by atoms with Crippen molar-refractivity contribution < 1.29 is 22.3 Å². The van der Waals surface area contributed by atoms with Gasteiger partial charge in [0.1, 0.15) is 11.6 Å². The van der Waals surface area contributed by atoms with E-state index < -0.39 is 21.7 Å². The van der Waals surface area contributed by atoms with Crippen LogP contribution in [0.25, 0.3) is 0 Å². The van der Waals surface area contributed by atoms with Crippen molar-refractivity contribution >= 4 is 21.6 Å². The summed E-state index contributed by atoms with van der Waals surface area (Å²) in [7, 11) is -2.23. The summed E-state index contributed by atoms with van der Waals surface area (Å²) in [5.41, 5.74) is 2.35. The number of ether oxygens (including phenoxy) is 1. The van der Waals surface area contributed by atoms with Crippen LogP contribution in [0, 0.1) is 5.82 Å². The molecule has 5 rings (SSSR count). The minimum atomic E-state index is -3.73. The standard InChI is InChI=1S/C26H28FN5O5S/c1-37-18-5-7-19(8-6-18)38(35,36)32-13-11-31(12-14-32)26(34)21-15-17(4-9-22(21)27)16-23-24-20(3-2-10-28-24)25(33)30-29-23/h4-9,15,28H,2-3,10-14,16H2,1H3,(H,30,33). The number of carbonyl (C=O) groups is 1. The first-order valence-corrected chi connectivity index (χ1v) is 13.8. The highest BCUT2D eigenvalue weighted by atomic mass is 32.2. The van der Waals surface area contributed by atoms with E-state index in [9.17, 15) is 22.4 Å². The number of hydrogen-bond donors (Lipinski definition) is 2. The quantitative estimate of drug-likeness (QED) is 0.489. The van der Waals surface area contributed by atoms with E-state index in [0.717, 1.165) is 13.0 Å². The Morgan fingerprint density at radius 2 is 1.84 bits per heavy atom. The topological polar surface area (TPSA) is 125 Å². The number of carbonyl (C=O) groups excluding carboxylic acids is 1. The van der Waals surface area contributed by atoms with Crippen LogP contribution in [0.15, 0.2) is 52.2 Å². The lowest BCUT2D eigenvalue weighted by molar-refractivity contribution is 0.0693. The Balaban J connectivity index is 1.29. The number of nitrogens with zero attached hydrogens (tertiary/aromatic N) is 3. The summed E-state index contributed by atoms with van der Waals surface area (Å²) in [6.45, 7) is 1.20. The summed E-state index contributed by atoms with van der Waals surface area (Å²) >= 11 is 0. The van der Waals surface area contributed by atoms with E-state index >= 15 is 0 Å². The molecule has 38 heavy (non-hydrogen) atoms. The fourth-order valence-electron chi connectivity index (χ4n) is 4.82. The molecule has 0 saturated carbocycles. The number of rotatable bonds is 6. The predicted molar refractivity (Wildman–Crippen MR) is 139 cm³/mol. The molecule has 10 nitrogen and oxygen atoms in total. The number of aromatic amines is 1. The van der Waals surface area contributed by atoms with Crippen molar-refractivity contribution in [3.63, 3.8) is 0 Å². The molecule has 12 heteroatoms. The second-order valence-electron chi connectivity index (χ2n) is 9.25. The monoisotopic (exact) mass is 541 g/mol. The van der Waals surface area contributed by atoms with Gasteiger partial charge in [0, 0.05) is 44.7 Å². The third-order valence-corrected chi connectivity index (χ3v) is 8.83. The molecule has 2 aliphatic heterocycles. The number of piperazine rings is 1. The summed E-state index contributed by atoms with van der Waals surface area (Å²) in [6, 6.07) is 10.5. The molecular formula is C26H28FN5O5S. The molecule has 3 heterocycles. The molecule has 0 aliphatic carbocycles. The fourth-order valence-corrected chi connectivity index (χ4v) is 6.24. The molecule has 0 unspecified atom stereocenters. The molecule has 0 bridgehead atoms. The largest absolute Gasteiger partial charge is 0.497 e. The number of fused-ring (bicyclic) bond motifs is 1. The van der Waals surface area contributed by atoms with Gasteiger partial charge in [-0.2, -0.15) is 9.40 Å². The number of amides is 1. The minimum absolute atomic E-state index is 0.0831. The van der Waals surface area contributed by atoms with Gasteiger partial charge in [0.25, 0.3) is 11.5 Å². The number of halogens is 1. The highest BCUT2D eigenvalue weighted by Crippen LogP contribution is 2.25. The Kier molecular flexibility index (Phi) is 7.17. The lowest BCUT2D eigenvalue weighted by Crippen LogP contribution is -2.50. The van der Waals surface area contributed by atoms with Crippen LogP contribution in [0.5, 0.6) is 5.75 Å². The Bertz CT molecular complexity index is 1520. The summed E-state index contributed by atoms with van der Waals surface area (Å²) in [4.78, 5) is 27.0. The Morgan fingerprint density at radius 3 is 2.55 bits per heavy atom. The molecule has 3 aromatic rings. The van der Waals surface area contributed by atoms with Gasteiger partial charge in [-0.05, 0) is 54.8 Å². The lowest BCUT2D eigenvalue weighted by atomic mass is 9.99. The van der Waals surface area contributed by atoms with Gasteiger partial charge in [0.2, 0.25) is 10.0 Å². The zero-order valence-electron chi connectivity index (χ0n) is 20.9. The van der Waals surface area contributed by atoms with E-state index in [-0.39, 0.29) is 42.2 Å². The number of H-pyrrole nitrogens is 1. The van der Waals surface area contributed by atoms with Crippen LogP contribution in [-0.2, 0) is 22.9 Å². The van der Waals surface area contributed by atoms with Gasteiger partial charge >= 0.3 is 0 Å². The first-order chi connectivity index (χ1) is 18.3. The van der Waals surface area contributed by atoms with Crippen LogP contribution in [0.3, 0.4) is 0 Å². The molecule has 0 spiro atoms. The van der Waals surface area contributed by atoms with Crippen molar-refractivity contribution in [3.05, 3.63) is 81.0 Å². The fraction of sp³-hybridized carbons (Fsp3) is 0.346. The van der Waals surface area contributed by atoms with Gasteiger partial charge < -0.3 is 15.0 Å². The van der Waals surface area contributed by atoms with Gasteiger partial charge in [-0.15, -0.1) is 0 Å². The van der Waals surface area contributed by atoms with E-state index in [0.29, 0.717) is 41.1 Å². The number of sulfonamides is 1. The van der Waals surface area contributed by atoms with Crippen LogP contribution < -0.4 is 15.6 Å². The van der Waals surface area contributed by atoms with Crippen molar-refractivity contribution in [1.29, 1.82) is 0 Å². The first kappa shape index (κ1) is 25.9. The summed E-state index contributed by atoms with van der Waals surface area (Å²) in [5.74, 6) is -0.599. The number of aromatic nitrogens is 2. The Morgan fingerprint density at radius 1 is 1.11 bits per heavy atom. The Labute approximate surface area is 219 Å². The highest BCUT2D eigenvalue weighted by molar-refractivity contribution is 7.89. The number of hydrogen-bond acceptors (Lipinski definition) is 7. The molecule has 1 amide bonds. The molecule has 2 N–H and O–H groups in total. The third-order valence-electron chi connectivity index (χ3n) is 6.92. The van der Waals surface area contributed by atoms with Gasteiger partial charge in [0.15, 0.2) is 0 Å². The number of benzene rings is 2. The van der Waals surface area contributed by atoms with Gasteiger partial charge in [-0.1, -0.05) is 6.07 Å². The second-order valence-corrected chi connectivity index (χ2v) is 11.2. The maximum atomic E-state index is 14.7. The minimum Gasteiger partial charge on any atom is -0.497 e. The van der Waals surface area contributed by atoms with Crippen molar-refractivity contribution in [2.45, 2.75) is 24.2 Å². The molecule has 2 aromatic carbocycles. The number of anilines is 1. The number of nitrogens with one attached hydrogen (secondary N) is 2. The second kappa shape index (κ2) is 10.5. The maximum absolute atomic E-state index is 14.7. The highest BCUT2D eigenvalue weighted by Gasteiger charge is 2.31. The maximum Gasteiger partial charge on any atom is 0.269 e. The van der Waals surface area contributed by atoms with Gasteiger partial charge in [0.05, 0.1) is 29.0 Å². The van der Waals surface area contributed by atoms with Crippen LogP contribution in [0.2, 0.25) is 0 Å². The molecular weight excluding hydrogens is 513 g/mol. The molecule has 1 aromatic heterocycles. The average Bonchev–Trinajstić information content (AvgIpc) is 2.95. The van der Waals surface area contributed by atoms with E-state index in [1.165, 1.54) is 40.6 Å². The molecule has 2 aliphatic rings. The zero-order valence-corrected chi connectivity index (χ0v) is 21.7. The third kappa shape index (κ3) is 5.01. The van der Waals surface area contributed by atoms with Gasteiger partial charge in [-0.25, -0.2) is 17.9 Å². The average molecular weight is 542 g/mol. The van der Waals surface area contributed by atoms with Crippen molar-refractivity contribution in [2.24, 2.45) is 0 Å². The predicted octanol–water partition coefficient (Wildman–Crippen LogP) is 2.01. The van der Waals surface area contributed by atoms with Crippen molar-refractivity contribution in [1.82, 2.24) is 19.4 Å². The van der Waals surface area contributed by atoms with Crippen LogP contribution >= 0.6 is 0 Å². The van der Waals surface area contributed by atoms with Crippen LogP contribution in [0.1, 0.15) is 33.6 Å². The van der Waals surface area contributed by atoms with Crippen LogP contribution in [0.4, 0.5) is 10.1 Å². The van der Waals surface area contributed by atoms with Crippen molar-refractivity contribution in [3.8, 4) is 5.75 Å². The first-order valence-electron chi connectivity index (χ1n) is 12.3. The summed E-state index contributed by atoms with van der Waals surface area (Å²) in [5, 5.41) is 9.94. The summed E-state index contributed by atoms with van der Waals surface area (Å²) in [6.07, 6.45) is 1.81. The molecule has 1 fully saturated rings. The molecule has 200 valence electrons. The number of methoxy groups -OCH3 is 1. The van der Waals surface area contributed by atoms with E-state index in [2.05, 4.69) is 15.5 Å². The molecule has 0 atom stereocenters. The Hall–Kier alpha value is -3.77. The summed E-state index contributed by atoms with van der Waals surface area (Å²) < 4.78 is 47.2. The molecule has 0 radical (unpaired) electrons. The zero-order chi connectivity index (χ0) is 26.9. The van der Waals surface area contributed by atoms with Crippen LogP contribution in [-0.4, -0.2) is 73.6 Å². The van der Waals surface area contributed by atoms with Gasteiger partial charge in [-0.3, -0.25) is 9.59 Å². The normalized spacial score (nSPS) is 16.0. The van der Waals surface area contributed by atoms with E-state index in [1.807, 2.05) is 0 Å². The smallest absolute Gasteiger partial charge is 0.269 e. The molecule has 1 saturated heterocycles. The van der Waals surface area contributed by atoms with E-state index in [4.69, 9.17) is 4.74 Å². The van der Waals surface area contributed by atoms with Crippen molar-refractivity contribution in [2.75, 3.05) is 45.2 Å². The van der Waals surface area contributed by atoms with E-state index in [1.54, 1.807) is 18.2 Å². The SMILES string of the molecule is COc1ccc(S(=O)(=O)N2CCN(C(=O)c3cc(Cc4n[nH]c(=O)c5c4NCCC5)ccc3F)CC2)cc1.